The molecule has 2 aromatic carbocycles. The fourth-order valence-corrected chi connectivity index (χ4v) is 2.92. The summed E-state index contributed by atoms with van der Waals surface area (Å²) in [5.41, 5.74) is 4.40. The Morgan fingerprint density at radius 1 is 0.955 bits per heavy atom. The van der Waals surface area contributed by atoms with E-state index in [0.717, 1.165) is 17.6 Å². The Labute approximate surface area is 129 Å². The van der Waals surface area contributed by atoms with Gasteiger partial charge in [0.2, 0.25) is 0 Å². The second-order valence-electron chi connectivity index (χ2n) is 5.56. The minimum absolute atomic E-state index is 0.866. The summed E-state index contributed by atoms with van der Waals surface area (Å²) in [6.07, 6.45) is 13.4. The van der Waals surface area contributed by atoms with E-state index in [-0.39, 0.29) is 0 Å². The van der Waals surface area contributed by atoms with Gasteiger partial charge in [-0.3, -0.25) is 0 Å². The van der Waals surface area contributed by atoms with E-state index in [9.17, 15) is 0 Å². The maximum absolute atomic E-state index is 6.15. The molecule has 0 aliphatic carbocycles. The molecule has 1 aromatic heterocycles. The Morgan fingerprint density at radius 2 is 1.86 bits per heavy atom. The lowest BCUT2D eigenvalue weighted by Gasteiger charge is -2.10. The molecule has 0 bridgehead atoms. The zero-order valence-electron chi connectivity index (χ0n) is 12.5. The maximum atomic E-state index is 6.15. The molecular weight excluding hydrogens is 270 g/mol. The second kappa shape index (κ2) is 5.23. The Bertz CT molecular complexity index is 927. The molecule has 0 amide bonds. The average molecular weight is 287 g/mol. The van der Waals surface area contributed by atoms with Crippen LogP contribution in [0.1, 0.15) is 11.1 Å². The molecule has 1 aliphatic heterocycles. The summed E-state index contributed by atoms with van der Waals surface area (Å²) >= 11 is 0. The average Bonchev–Trinajstić information content (AvgIpc) is 2.92. The van der Waals surface area contributed by atoms with Crippen molar-refractivity contribution in [1.82, 2.24) is 4.90 Å². The molecular formula is C20H17NO. The number of para-hydroxylation sites is 1. The molecule has 4 rings (SSSR count). The largest absolute Gasteiger partial charge is 0.456 e. The van der Waals surface area contributed by atoms with Gasteiger partial charge in [0.25, 0.3) is 0 Å². The Kier molecular flexibility index (Phi) is 3.08. The summed E-state index contributed by atoms with van der Waals surface area (Å²) in [7, 11) is 2.03. The zero-order chi connectivity index (χ0) is 14.9. The quantitative estimate of drug-likeness (QED) is 0.571. The van der Waals surface area contributed by atoms with Gasteiger partial charge in [-0.15, -0.1) is 0 Å². The lowest BCUT2D eigenvalue weighted by atomic mass is 10.00. The number of allylic oxidation sites excluding steroid dienone is 3. The Hall–Kier alpha value is -2.74. The van der Waals surface area contributed by atoms with Crippen LogP contribution in [0.3, 0.4) is 0 Å². The van der Waals surface area contributed by atoms with Crippen molar-refractivity contribution in [1.29, 1.82) is 0 Å². The topological polar surface area (TPSA) is 16.4 Å². The van der Waals surface area contributed by atoms with Gasteiger partial charge in [-0.2, -0.15) is 0 Å². The number of nitrogens with zero attached hydrogens (tertiary/aromatic N) is 1. The lowest BCUT2D eigenvalue weighted by molar-refractivity contribution is 0.630. The fourth-order valence-electron chi connectivity index (χ4n) is 2.92. The van der Waals surface area contributed by atoms with Crippen LogP contribution in [0.4, 0.5) is 0 Å². The number of hydrogen-bond acceptors (Lipinski definition) is 2. The molecule has 0 fully saturated rings. The highest BCUT2D eigenvalue weighted by Gasteiger charge is 2.12. The first-order chi connectivity index (χ1) is 10.8. The molecule has 22 heavy (non-hydrogen) atoms. The van der Waals surface area contributed by atoms with Gasteiger partial charge in [-0.1, -0.05) is 36.4 Å². The van der Waals surface area contributed by atoms with Crippen LogP contribution in [0.25, 0.3) is 28.0 Å². The van der Waals surface area contributed by atoms with Gasteiger partial charge >= 0.3 is 0 Å². The van der Waals surface area contributed by atoms with E-state index in [1.54, 1.807) is 0 Å². The third-order valence-corrected chi connectivity index (χ3v) is 4.07. The lowest BCUT2D eigenvalue weighted by Crippen LogP contribution is -2.00. The standard InChI is InChI=1S/C20H17NO/c1-21-13-6-2-3-7-16-15(12-14-21)10-11-18-17-8-4-5-9-19(17)22-20(16)18/h2-6,8-14H,7H2,1H3/b3-2-,13-6-,14-12?. The highest BCUT2D eigenvalue weighted by molar-refractivity contribution is 6.06. The van der Waals surface area contributed by atoms with Crippen molar-refractivity contribution in [3.05, 3.63) is 78.2 Å². The van der Waals surface area contributed by atoms with Crippen LogP contribution in [0, 0.1) is 0 Å². The minimum atomic E-state index is 0.866. The molecule has 0 atom stereocenters. The second-order valence-corrected chi connectivity index (χ2v) is 5.56. The number of fused-ring (bicyclic) bond motifs is 5. The Morgan fingerprint density at radius 3 is 2.82 bits per heavy atom. The van der Waals surface area contributed by atoms with E-state index in [2.05, 4.69) is 48.7 Å². The van der Waals surface area contributed by atoms with Gasteiger partial charge in [0, 0.05) is 35.8 Å². The van der Waals surface area contributed by atoms with E-state index >= 15 is 0 Å². The van der Waals surface area contributed by atoms with E-state index in [1.807, 2.05) is 36.4 Å². The smallest absolute Gasteiger partial charge is 0.139 e. The van der Waals surface area contributed by atoms with E-state index in [1.165, 1.54) is 21.9 Å². The molecule has 0 spiro atoms. The fraction of sp³-hybridized carbons (Fsp3) is 0.100. The first-order valence-electron chi connectivity index (χ1n) is 7.49. The van der Waals surface area contributed by atoms with Crippen molar-refractivity contribution in [2.75, 3.05) is 7.05 Å². The number of rotatable bonds is 0. The molecule has 0 N–H and O–H groups in total. The molecule has 2 heterocycles. The van der Waals surface area contributed by atoms with Gasteiger partial charge in [-0.25, -0.2) is 0 Å². The van der Waals surface area contributed by atoms with Crippen molar-refractivity contribution < 1.29 is 4.42 Å². The summed E-state index contributed by atoms with van der Waals surface area (Å²) in [4.78, 5) is 2.04. The van der Waals surface area contributed by atoms with Crippen molar-refractivity contribution >= 4 is 28.0 Å². The molecule has 0 saturated heterocycles. The predicted molar refractivity (Wildman–Crippen MR) is 92.5 cm³/mol. The van der Waals surface area contributed by atoms with E-state index in [4.69, 9.17) is 4.42 Å². The summed E-state index contributed by atoms with van der Waals surface area (Å²) < 4.78 is 6.15. The Balaban J connectivity index is 2.00. The van der Waals surface area contributed by atoms with Crippen LogP contribution in [0.2, 0.25) is 0 Å². The predicted octanol–water partition coefficient (Wildman–Crippen LogP) is 5.11. The van der Waals surface area contributed by atoms with Crippen LogP contribution in [0.15, 0.2) is 71.4 Å². The highest BCUT2D eigenvalue weighted by atomic mass is 16.3. The van der Waals surface area contributed by atoms with Gasteiger partial charge in [-0.05, 0) is 36.3 Å². The molecule has 1 aliphatic rings. The summed E-state index contributed by atoms with van der Waals surface area (Å²) in [5, 5.41) is 2.37. The third kappa shape index (κ3) is 2.13. The van der Waals surface area contributed by atoms with Gasteiger partial charge in [0.15, 0.2) is 0 Å². The van der Waals surface area contributed by atoms with Crippen molar-refractivity contribution in [2.24, 2.45) is 0 Å². The minimum Gasteiger partial charge on any atom is -0.456 e. The zero-order valence-corrected chi connectivity index (χ0v) is 12.5. The SMILES string of the molecule is CN1C=Cc2ccc3c(oc4ccccc43)c2C/C=C\C=C/1. The monoisotopic (exact) mass is 287 g/mol. The maximum Gasteiger partial charge on any atom is 0.139 e. The van der Waals surface area contributed by atoms with Crippen molar-refractivity contribution in [3.8, 4) is 0 Å². The first kappa shape index (κ1) is 13.0. The van der Waals surface area contributed by atoms with Crippen LogP contribution >= 0.6 is 0 Å². The number of hydrogen-bond donors (Lipinski definition) is 0. The highest BCUT2D eigenvalue weighted by Crippen LogP contribution is 2.33. The van der Waals surface area contributed by atoms with E-state index < -0.39 is 0 Å². The van der Waals surface area contributed by atoms with E-state index in [0.29, 0.717) is 0 Å². The van der Waals surface area contributed by atoms with Crippen molar-refractivity contribution in [2.45, 2.75) is 6.42 Å². The molecule has 2 nitrogen and oxygen atoms in total. The molecule has 0 radical (unpaired) electrons. The van der Waals surface area contributed by atoms with Crippen LogP contribution in [-0.4, -0.2) is 11.9 Å². The van der Waals surface area contributed by atoms with Crippen LogP contribution < -0.4 is 0 Å². The van der Waals surface area contributed by atoms with Gasteiger partial charge in [0.05, 0.1) is 0 Å². The molecule has 0 unspecified atom stereocenters. The summed E-state index contributed by atoms with van der Waals surface area (Å²) in [5.74, 6) is 0. The van der Waals surface area contributed by atoms with Crippen LogP contribution in [-0.2, 0) is 6.42 Å². The summed E-state index contributed by atoms with van der Waals surface area (Å²) in [6.45, 7) is 0. The number of furan rings is 1. The molecule has 2 heteroatoms. The third-order valence-electron chi connectivity index (χ3n) is 4.07. The first-order valence-corrected chi connectivity index (χ1v) is 7.49. The summed E-state index contributed by atoms with van der Waals surface area (Å²) in [6, 6.07) is 12.6. The van der Waals surface area contributed by atoms with Crippen molar-refractivity contribution in [3.63, 3.8) is 0 Å². The number of benzene rings is 2. The molecule has 3 aromatic rings. The molecule has 108 valence electrons. The van der Waals surface area contributed by atoms with Gasteiger partial charge < -0.3 is 9.32 Å². The molecule has 0 saturated carbocycles. The van der Waals surface area contributed by atoms with Crippen LogP contribution in [0.5, 0.6) is 0 Å². The van der Waals surface area contributed by atoms with Gasteiger partial charge in [0.1, 0.15) is 11.2 Å². The normalized spacial score (nSPS) is 17.6.